The molecular weight excluding hydrogens is 356 g/mol. The van der Waals surface area contributed by atoms with Gasteiger partial charge in [-0.25, -0.2) is 0 Å². The number of ether oxygens (including phenoxy) is 1. The average molecular weight is 377 g/mol. The quantitative estimate of drug-likeness (QED) is 0.636. The summed E-state index contributed by atoms with van der Waals surface area (Å²) >= 11 is 3.41. The van der Waals surface area contributed by atoms with E-state index in [1.165, 1.54) is 6.42 Å². The molecule has 0 aliphatic heterocycles. The summed E-state index contributed by atoms with van der Waals surface area (Å²) in [5.74, 6) is 0.877. The summed E-state index contributed by atoms with van der Waals surface area (Å²) in [5, 5.41) is 12.3. The van der Waals surface area contributed by atoms with Crippen LogP contribution in [0.2, 0.25) is 0 Å². The normalized spacial score (nSPS) is 21.4. The van der Waals surface area contributed by atoms with Crippen LogP contribution in [0, 0.1) is 17.2 Å². The van der Waals surface area contributed by atoms with E-state index in [1.54, 1.807) is 19.3 Å². The van der Waals surface area contributed by atoms with Gasteiger partial charge in [-0.1, -0.05) is 25.8 Å². The Morgan fingerprint density at radius 3 is 2.78 bits per heavy atom. The van der Waals surface area contributed by atoms with Crippen LogP contribution in [0.4, 0.5) is 0 Å². The van der Waals surface area contributed by atoms with Gasteiger partial charge in [0.05, 0.1) is 11.6 Å². The van der Waals surface area contributed by atoms with Crippen molar-refractivity contribution in [3.63, 3.8) is 0 Å². The van der Waals surface area contributed by atoms with Gasteiger partial charge in [-0.2, -0.15) is 5.26 Å². The van der Waals surface area contributed by atoms with Crippen molar-refractivity contribution in [3.8, 4) is 11.8 Å². The first kappa shape index (κ1) is 17.6. The number of benzene rings is 1. The molecule has 1 aromatic rings. The molecule has 1 aliphatic carbocycles. The molecule has 5 heteroatoms. The largest absolute Gasteiger partial charge is 0.496 e. The fourth-order valence-corrected chi connectivity index (χ4v) is 3.42. The molecule has 23 heavy (non-hydrogen) atoms. The third-order valence-electron chi connectivity index (χ3n) is 4.28. The number of hydrogen-bond acceptors (Lipinski definition) is 3. The van der Waals surface area contributed by atoms with Crippen LogP contribution in [0.15, 0.2) is 28.2 Å². The van der Waals surface area contributed by atoms with Crippen LogP contribution in [-0.2, 0) is 4.79 Å². The van der Waals surface area contributed by atoms with Gasteiger partial charge >= 0.3 is 0 Å². The second-order valence-electron chi connectivity index (χ2n) is 5.91. The lowest BCUT2D eigenvalue weighted by atomic mass is 9.86. The first-order valence-corrected chi connectivity index (χ1v) is 8.60. The third-order valence-corrected chi connectivity index (χ3v) is 4.90. The minimum absolute atomic E-state index is 0.125. The van der Waals surface area contributed by atoms with E-state index in [4.69, 9.17) is 4.74 Å². The van der Waals surface area contributed by atoms with Crippen LogP contribution < -0.4 is 10.1 Å². The van der Waals surface area contributed by atoms with Crippen molar-refractivity contribution < 1.29 is 9.53 Å². The molecule has 2 atom stereocenters. The predicted molar refractivity (Wildman–Crippen MR) is 93.8 cm³/mol. The minimum atomic E-state index is -0.293. The summed E-state index contributed by atoms with van der Waals surface area (Å²) < 4.78 is 5.96. The molecular formula is C18H21BrN2O2. The zero-order valence-electron chi connectivity index (χ0n) is 13.4. The molecule has 0 spiro atoms. The molecule has 2 rings (SSSR count). The van der Waals surface area contributed by atoms with E-state index >= 15 is 0 Å². The topological polar surface area (TPSA) is 62.1 Å². The number of hydrogen-bond donors (Lipinski definition) is 1. The van der Waals surface area contributed by atoms with Crippen LogP contribution >= 0.6 is 15.9 Å². The molecule has 1 amide bonds. The lowest BCUT2D eigenvalue weighted by Crippen LogP contribution is -2.41. The number of nitrogens with zero attached hydrogens (tertiary/aromatic N) is 1. The van der Waals surface area contributed by atoms with Crippen LogP contribution in [0.25, 0.3) is 6.08 Å². The highest BCUT2D eigenvalue weighted by Crippen LogP contribution is 2.27. The van der Waals surface area contributed by atoms with Gasteiger partial charge in [0.1, 0.15) is 17.4 Å². The molecule has 0 radical (unpaired) electrons. The Bertz CT molecular complexity index is 649. The molecule has 1 saturated carbocycles. The highest BCUT2D eigenvalue weighted by molar-refractivity contribution is 9.10. The van der Waals surface area contributed by atoms with Crippen LogP contribution in [0.1, 0.15) is 38.2 Å². The monoisotopic (exact) mass is 376 g/mol. The molecule has 0 heterocycles. The summed E-state index contributed by atoms with van der Waals surface area (Å²) in [6, 6.07) is 7.61. The predicted octanol–water partition coefficient (Wildman–Crippen LogP) is 4.06. The summed E-state index contributed by atoms with van der Waals surface area (Å²) in [7, 11) is 1.59. The molecule has 0 saturated heterocycles. The second kappa shape index (κ2) is 8.16. The average Bonchev–Trinajstić information content (AvgIpc) is 2.54. The summed E-state index contributed by atoms with van der Waals surface area (Å²) in [5.41, 5.74) is 0.904. The summed E-state index contributed by atoms with van der Waals surface area (Å²) in [6.07, 6.45) is 6.06. The Morgan fingerprint density at radius 1 is 1.43 bits per heavy atom. The Morgan fingerprint density at radius 2 is 2.17 bits per heavy atom. The number of methoxy groups -OCH3 is 1. The van der Waals surface area contributed by atoms with Gasteiger partial charge in [-0.3, -0.25) is 4.79 Å². The Hall–Kier alpha value is -1.80. The van der Waals surface area contributed by atoms with Gasteiger partial charge in [0.25, 0.3) is 5.91 Å². The van der Waals surface area contributed by atoms with E-state index in [1.807, 2.05) is 18.2 Å². The number of amides is 1. The zero-order valence-corrected chi connectivity index (χ0v) is 15.0. The van der Waals surface area contributed by atoms with E-state index in [0.717, 1.165) is 29.3 Å². The maximum atomic E-state index is 12.4. The van der Waals surface area contributed by atoms with Gasteiger partial charge in [-0.15, -0.1) is 0 Å². The highest BCUT2D eigenvalue weighted by atomic mass is 79.9. The molecule has 1 fully saturated rings. The van der Waals surface area contributed by atoms with Gasteiger partial charge in [0.2, 0.25) is 0 Å². The SMILES string of the molecule is COc1ccc(/C=C(\C#N)C(=O)N[C@H]2CCCC[C@H]2C)cc1Br. The highest BCUT2D eigenvalue weighted by Gasteiger charge is 2.24. The summed E-state index contributed by atoms with van der Waals surface area (Å²) in [6.45, 7) is 2.15. The van der Waals surface area contributed by atoms with Crippen molar-refractivity contribution >= 4 is 27.9 Å². The Balaban J connectivity index is 2.13. The van der Waals surface area contributed by atoms with Crippen molar-refractivity contribution in [1.82, 2.24) is 5.32 Å². The molecule has 0 unspecified atom stereocenters. The smallest absolute Gasteiger partial charge is 0.262 e. The van der Waals surface area contributed by atoms with E-state index in [9.17, 15) is 10.1 Å². The third kappa shape index (κ3) is 4.59. The number of nitrogens with one attached hydrogen (secondary N) is 1. The number of carbonyl (C=O) groups is 1. The maximum absolute atomic E-state index is 12.4. The molecule has 1 aromatic carbocycles. The lowest BCUT2D eigenvalue weighted by Gasteiger charge is -2.29. The van der Waals surface area contributed by atoms with Crippen molar-refractivity contribution in [2.75, 3.05) is 7.11 Å². The van der Waals surface area contributed by atoms with E-state index in [-0.39, 0.29) is 17.5 Å². The van der Waals surface area contributed by atoms with Crippen molar-refractivity contribution in [1.29, 1.82) is 5.26 Å². The number of rotatable bonds is 4. The first-order valence-electron chi connectivity index (χ1n) is 7.81. The van der Waals surface area contributed by atoms with Crippen molar-refractivity contribution in [3.05, 3.63) is 33.8 Å². The fourth-order valence-electron chi connectivity index (χ4n) is 2.86. The van der Waals surface area contributed by atoms with Crippen molar-refractivity contribution in [2.24, 2.45) is 5.92 Å². The molecule has 1 aliphatic rings. The van der Waals surface area contributed by atoms with E-state index in [2.05, 4.69) is 28.2 Å². The van der Waals surface area contributed by atoms with Gasteiger partial charge in [-0.05, 0) is 58.5 Å². The first-order chi connectivity index (χ1) is 11.0. The number of carbonyl (C=O) groups excluding carboxylic acids is 1. The van der Waals surface area contributed by atoms with E-state index < -0.39 is 0 Å². The number of nitriles is 1. The van der Waals surface area contributed by atoms with Crippen LogP contribution in [0.5, 0.6) is 5.75 Å². The van der Waals surface area contributed by atoms with Gasteiger partial charge in [0.15, 0.2) is 0 Å². The fraction of sp³-hybridized carbons (Fsp3) is 0.444. The molecule has 0 bridgehead atoms. The molecule has 1 N–H and O–H groups in total. The Kier molecular flexibility index (Phi) is 6.23. The van der Waals surface area contributed by atoms with E-state index in [0.29, 0.717) is 11.7 Å². The molecule has 0 aromatic heterocycles. The number of halogens is 1. The van der Waals surface area contributed by atoms with Gasteiger partial charge in [0, 0.05) is 6.04 Å². The van der Waals surface area contributed by atoms with Crippen LogP contribution in [-0.4, -0.2) is 19.1 Å². The maximum Gasteiger partial charge on any atom is 0.262 e. The zero-order chi connectivity index (χ0) is 16.8. The minimum Gasteiger partial charge on any atom is -0.496 e. The van der Waals surface area contributed by atoms with Crippen LogP contribution in [0.3, 0.4) is 0 Å². The standard InChI is InChI=1S/C18H21BrN2O2/c1-12-5-3-4-6-16(12)21-18(22)14(11-20)9-13-7-8-17(23-2)15(19)10-13/h7-10,12,16H,3-6H2,1-2H3,(H,21,22)/b14-9+/t12-,16+/m1/s1. The lowest BCUT2D eigenvalue weighted by molar-refractivity contribution is -0.118. The second-order valence-corrected chi connectivity index (χ2v) is 6.76. The van der Waals surface area contributed by atoms with Crippen molar-refractivity contribution in [2.45, 2.75) is 38.6 Å². The summed E-state index contributed by atoms with van der Waals surface area (Å²) in [4.78, 5) is 12.4. The molecule has 122 valence electrons. The van der Waals surface area contributed by atoms with Gasteiger partial charge < -0.3 is 10.1 Å². The Labute approximate surface area is 145 Å². The molecule has 4 nitrogen and oxygen atoms in total.